The van der Waals surface area contributed by atoms with Gasteiger partial charge in [0.05, 0.1) is 0 Å². The van der Waals surface area contributed by atoms with Gasteiger partial charge in [-0.2, -0.15) is 0 Å². The molecule has 0 aromatic carbocycles. The monoisotopic (exact) mass is 288 g/mol. The zero-order valence-corrected chi connectivity index (χ0v) is 12.8. The summed E-state index contributed by atoms with van der Waals surface area (Å²) in [6.45, 7) is 9.97. The summed E-state index contributed by atoms with van der Waals surface area (Å²) in [6.07, 6.45) is -0.714. The van der Waals surface area contributed by atoms with Gasteiger partial charge < -0.3 is 20.5 Å². The molecule has 7 heteroatoms. The maximum atomic E-state index is 12.0. The van der Waals surface area contributed by atoms with Gasteiger partial charge in [-0.3, -0.25) is 9.59 Å². The summed E-state index contributed by atoms with van der Waals surface area (Å²) in [5.74, 6) is -1.90. The number of rotatable bonds is 5. The largest absolute Gasteiger partial charge is 0.480 e. The van der Waals surface area contributed by atoms with Crippen molar-refractivity contribution in [2.24, 2.45) is 5.92 Å². The van der Waals surface area contributed by atoms with Crippen molar-refractivity contribution in [1.82, 2.24) is 10.6 Å². The molecule has 0 bridgehead atoms. The van der Waals surface area contributed by atoms with Gasteiger partial charge in [-0.05, 0) is 33.6 Å². The minimum atomic E-state index is -1.14. The fraction of sp³-hybridized carbons (Fsp3) is 0.769. The smallest absolute Gasteiger partial charge is 0.408 e. The molecule has 2 unspecified atom stereocenters. The van der Waals surface area contributed by atoms with Crippen LogP contribution in [0.4, 0.5) is 4.79 Å². The number of ether oxygens (including phenoxy) is 1. The fourth-order valence-corrected chi connectivity index (χ4v) is 1.33. The topological polar surface area (TPSA) is 105 Å². The quantitative estimate of drug-likeness (QED) is 0.703. The number of carboxylic acids is 1. The van der Waals surface area contributed by atoms with Gasteiger partial charge in [-0.15, -0.1) is 0 Å². The second-order valence-corrected chi connectivity index (χ2v) is 5.94. The van der Waals surface area contributed by atoms with Crippen LogP contribution in [0.2, 0.25) is 0 Å². The molecule has 0 rings (SSSR count). The molecule has 116 valence electrons. The Morgan fingerprint density at radius 2 is 1.55 bits per heavy atom. The first-order valence-electron chi connectivity index (χ1n) is 6.46. The van der Waals surface area contributed by atoms with Gasteiger partial charge >= 0.3 is 12.1 Å². The highest BCUT2D eigenvalue weighted by Gasteiger charge is 2.28. The Balaban J connectivity index is 4.69. The Bertz CT molecular complexity index is 373. The number of hydrogen-bond acceptors (Lipinski definition) is 4. The molecular formula is C13H24N2O5. The lowest BCUT2D eigenvalue weighted by Crippen LogP contribution is -2.53. The fourth-order valence-electron chi connectivity index (χ4n) is 1.33. The van der Waals surface area contributed by atoms with Gasteiger partial charge in [-0.25, -0.2) is 4.79 Å². The van der Waals surface area contributed by atoms with Crippen LogP contribution in [0.1, 0.15) is 41.5 Å². The Kier molecular flexibility index (Phi) is 6.48. The average Bonchev–Trinajstić information content (AvgIpc) is 2.22. The first-order chi connectivity index (χ1) is 8.94. The molecule has 0 saturated carbocycles. The lowest BCUT2D eigenvalue weighted by molar-refractivity contribution is -0.141. The number of aliphatic carboxylic acids is 1. The second-order valence-electron chi connectivity index (χ2n) is 5.94. The molecule has 0 aliphatic heterocycles. The summed E-state index contributed by atoms with van der Waals surface area (Å²) in [4.78, 5) is 34.3. The average molecular weight is 288 g/mol. The first-order valence-corrected chi connectivity index (χ1v) is 6.46. The standard InChI is InChI=1S/C13H24N2O5/c1-7(2)9(10(16)14-8(3)11(17)18)15-12(19)20-13(4,5)6/h7-9H,1-6H3,(H,14,16)(H,15,19)(H,17,18). The van der Waals surface area contributed by atoms with E-state index >= 15 is 0 Å². The predicted molar refractivity (Wildman–Crippen MR) is 73.2 cm³/mol. The van der Waals surface area contributed by atoms with E-state index in [-0.39, 0.29) is 5.92 Å². The SMILES string of the molecule is CC(NC(=O)C(NC(=O)OC(C)(C)C)C(C)C)C(=O)O. The van der Waals surface area contributed by atoms with E-state index in [1.807, 2.05) is 0 Å². The lowest BCUT2D eigenvalue weighted by atomic mass is 10.0. The minimum Gasteiger partial charge on any atom is -0.480 e. The van der Waals surface area contributed by atoms with Gasteiger partial charge in [0.25, 0.3) is 0 Å². The van der Waals surface area contributed by atoms with Crippen LogP contribution < -0.4 is 10.6 Å². The second kappa shape index (κ2) is 7.12. The zero-order valence-electron chi connectivity index (χ0n) is 12.8. The van der Waals surface area contributed by atoms with Crippen molar-refractivity contribution in [3.05, 3.63) is 0 Å². The number of carbonyl (C=O) groups is 3. The molecule has 3 N–H and O–H groups in total. The molecular weight excluding hydrogens is 264 g/mol. The van der Waals surface area contributed by atoms with E-state index in [1.165, 1.54) is 6.92 Å². The van der Waals surface area contributed by atoms with Gasteiger partial charge in [0.15, 0.2) is 0 Å². The maximum absolute atomic E-state index is 12.0. The van der Waals surface area contributed by atoms with E-state index < -0.39 is 35.7 Å². The number of nitrogens with one attached hydrogen (secondary N) is 2. The summed E-state index contributed by atoms with van der Waals surface area (Å²) < 4.78 is 5.07. The van der Waals surface area contributed by atoms with Crippen molar-refractivity contribution in [1.29, 1.82) is 0 Å². The Labute approximate surface area is 119 Å². The van der Waals surface area contributed by atoms with Gasteiger partial charge in [0.1, 0.15) is 17.7 Å². The van der Waals surface area contributed by atoms with Crippen molar-refractivity contribution in [3.63, 3.8) is 0 Å². The maximum Gasteiger partial charge on any atom is 0.408 e. The highest BCUT2D eigenvalue weighted by atomic mass is 16.6. The molecule has 0 radical (unpaired) electrons. The van der Waals surface area contributed by atoms with Gasteiger partial charge in [0, 0.05) is 0 Å². The van der Waals surface area contributed by atoms with Crippen LogP contribution in [0.25, 0.3) is 0 Å². The predicted octanol–water partition coefficient (Wildman–Crippen LogP) is 1.12. The number of alkyl carbamates (subject to hydrolysis) is 1. The summed E-state index contributed by atoms with van der Waals surface area (Å²) in [5.41, 5.74) is -0.670. The van der Waals surface area contributed by atoms with Crippen molar-refractivity contribution < 1.29 is 24.2 Å². The summed E-state index contributed by atoms with van der Waals surface area (Å²) in [5, 5.41) is 13.5. The zero-order chi connectivity index (χ0) is 16.1. The van der Waals surface area contributed by atoms with E-state index in [0.29, 0.717) is 0 Å². The van der Waals surface area contributed by atoms with Crippen LogP contribution in [-0.2, 0) is 14.3 Å². The van der Waals surface area contributed by atoms with Crippen LogP contribution >= 0.6 is 0 Å². The normalized spacial score (nSPS) is 14.3. The Morgan fingerprint density at radius 1 is 1.05 bits per heavy atom. The highest BCUT2D eigenvalue weighted by molar-refractivity contribution is 5.89. The third-order valence-corrected chi connectivity index (χ3v) is 2.35. The Hall–Kier alpha value is -1.79. The van der Waals surface area contributed by atoms with Crippen molar-refractivity contribution in [3.8, 4) is 0 Å². The van der Waals surface area contributed by atoms with E-state index in [4.69, 9.17) is 9.84 Å². The van der Waals surface area contributed by atoms with E-state index in [2.05, 4.69) is 10.6 Å². The van der Waals surface area contributed by atoms with Crippen molar-refractivity contribution in [2.45, 2.75) is 59.2 Å². The molecule has 0 aromatic rings. The molecule has 0 aliphatic rings. The molecule has 2 amide bonds. The molecule has 2 atom stereocenters. The van der Waals surface area contributed by atoms with Crippen LogP contribution in [0.3, 0.4) is 0 Å². The molecule has 0 heterocycles. The van der Waals surface area contributed by atoms with Crippen LogP contribution in [0.5, 0.6) is 0 Å². The van der Waals surface area contributed by atoms with Crippen molar-refractivity contribution >= 4 is 18.0 Å². The number of hydrogen-bond donors (Lipinski definition) is 3. The molecule has 0 fully saturated rings. The highest BCUT2D eigenvalue weighted by Crippen LogP contribution is 2.09. The number of carboxylic acid groups (broad SMARTS) is 1. The molecule has 0 saturated heterocycles. The summed E-state index contributed by atoms with van der Waals surface area (Å²) >= 11 is 0. The van der Waals surface area contributed by atoms with Crippen LogP contribution in [0, 0.1) is 5.92 Å². The molecule has 0 aliphatic carbocycles. The van der Waals surface area contributed by atoms with Crippen LogP contribution in [-0.4, -0.2) is 40.8 Å². The van der Waals surface area contributed by atoms with Crippen LogP contribution in [0.15, 0.2) is 0 Å². The molecule has 20 heavy (non-hydrogen) atoms. The first kappa shape index (κ1) is 18.2. The number of carbonyl (C=O) groups excluding carboxylic acids is 2. The van der Waals surface area contributed by atoms with E-state index in [1.54, 1.807) is 34.6 Å². The molecule has 7 nitrogen and oxygen atoms in total. The third kappa shape index (κ3) is 6.96. The van der Waals surface area contributed by atoms with E-state index in [0.717, 1.165) is 0 Å². The summed E-state index contributed by atoms with van der Waals surface area (Å²) in [7, 11) is 0. The molecule has 0 aromatic heterocycles. The summed E-state index contributed by atoms with van der Waals surface area (Å²) in [6, 6.07) is -1.88. The minimum absolute atomic E-state index is 0.205. The Morgan fingerprint density at radius 3 is 1.90 bits per heavy atom. The number of amides is 2. The lowest BCUT2D eigenvalue weighted by Gasteiger charge is -2.25. The van der Waals surface area contributed by atoms with Gasteiger partial charge in [0.2, 0.25) is 5.91 Å². The molecule has 0 spiro atoms. The van der Waals surface area contributed by atoms with E-state index in [9.17, 15) is 14.4 Å². The third-order valence-electron chi connectivity index (χ3n) is 2.35. The van der Waals surface area contributed by atoms with Gasteiger partial charge in [-0.1, -0.05) is 13.8 Å². The van der Waals surface area contributed by atoms with Crippen molar-refractivity contribution in [2.75, 3.05) is 0 Å².